The first-order chi connectivity index (χ1) is 16.4. The van der Waals surface area contributed by atoms with E-state index >= 15 is 0 Å². The summed E-state index contributed by atoms with van der Waals surface area (Å²) in [5.41, 5.74) is -0.667. The van der Waals surface area contributed by atoms with Crippen LogP contribution in [0.15, 0.2) is 18.2 Å². The number of nitrogens with zero attached hydrogens (tertiary/aromatic N) is 1. The minimum absolute atomic E-state index is 0.0336. The van der Waals surface area contributed by atoms with E-state index in [1.54, 1.807) is 0 Å². The molecular weight excluding hydrogens is 474 g/mol. The Morgan fingerprint density at radius 2 is 1.60 bits per heavy atom. The van der Waals surface area contributed by atoms with Crippen LogP contribution in [-0.2, 0) is 28.7 Å². The van der Waals surface area contributed by atoms with E-state index in [1.165, 1.54) is 6.07 Å². The summed E-state index contributed by atoms with van der Waals surface area (Å²) in [5.74, 6) is -8.63. The molecule has 2 rings (SSSR count). The molecule has 0 bridgehead atoms. The molecule has 0 aromatic heterocycles. The summed E-state index contributed by atoms with van der Waals surface area (Å²) >= 11 is 0. The third kappa shape index (κ3) is 7.46. The third-order valence-electron chi connectivity index (χ3n) is 5.48. The topological polar surface area (TPSA) is 217 Å². The highest BCUT2D eigenvalue weighted by atomic mass is 16.7. The first kappa shape index (κ1) is 27.2. The molecule has 1 aromatic rings. The van der Waals surface area contributed by atoms with Crippen molar-refractivity contribution in [3.8, 4) is 5.75 Å². The lowest BCUT2D eigenvalue weighted by Gasteiger charge is -2.45. The molecule has 0 unspecified atom stereocenters. The van der Waals surface area contributed by atoms with Crippen LogP contribution in [0.5, 0.6) is 5.75 Å². The third-order valence-corrected chi connectivity index (χ3v) is 5.48. The standard InChI is InChI=1S/C21H23NO13/c1-10(24)33-9-17-13(6-19(27)28)12(5-18(25)26)14(7-20(29)30)21(35-17)34-16-3-2-11(8-23)4-15(16)22(31)32/h2-4,8,12-14,17,21H,5-7,9H2,1H3,(H,25,26)(H,27,28)(H,29,30)/t12-,13+,14+,17-,21+/m0/s1. The Morgan fingerprint density at radius 3 is 2.11 bits per heavy atom. The minimum Gasteiger partial charge on any atom is -0.481 e. The highest BCUT2D eigenvalue weighted by Gasteiger charge is 2.49. The second kappa shape index (κ2) is 11.9. The summed E-state index contributed by atoms with van der Waals surface area (Å²) in [4.78, 5) is 67.7. The first-order valence-electron chi connectivity index (χ1n) is 10.3. The van der Waals surface area contributed by atoms with Crippen molar-refractivity contribution in [3.05, 3.63) is 33.9 Å². The number of nitro groups is 1. The zero-order chi connectivity index (χ0) is 26.3. The maximum atomic E-state index is 11.6. The number of rotatable bonds is 12. The Kier molecular flexibility index (Phi) is 9.22. The lowest BCUT2D eigenvalue weighted by molar-refractivity contribution is -0.386. The van der Waals surface area contributed by atoms with Crippen molar-refractivity contribution in [2.24, 2.45) is 17.8 Å². The molecular formula is C21H23NO13. The van der Waals surface area contributed by atoms with Crippen molar-refractivity contribution < 1.29 is 58.4 Å². The van der Waals surface area contributed by atoms with Crippen LogP contribution in [-0.4, -0.2) is 69.4 Å². The average molecular weight is 497 g/mol. The predicted molar refractivity (Wildman–Crippen MR) is 112 cm³/mol. The van der Waals surface area contributed by atoms with Gasteiger partial charge in [0.15, 0.2) is 5.75 Å². The second-order valence-corrected chi connectivity index (χ2v) is 7.85. The molecule has 5 atom stereocenters. The predicted octanol–water partition coefficient (Wildman–Crippen LogP) is 1.35. The molecule has 0 amide bonds. The number of hydrogen-bond acceptors (Lipinski definition) is 10. The van der Waals surface area contributed by atoms with Gasteiger partial charge in [-0.3, -0.25) is 34.1 Å². The molecule has 190 valence electrons. The van der Waals surface area contributed by atoms with Gasteiger partial charge in [0.05, 0.1) is 23.9 Å². The number of aliphatic carboxylic acids is 3. The number of carbonyl (C=O) groups excluding carboxylic acids is 2. The number of carboxylic acids is 3. The van der Waals surface area contributed by atoms with Gasteiger partial charge in [-0.15, -0.1) is 0 Å². The van der Waals surface area contributed by atoms with Crippen LogP contribution in [0.3, 0.4) is 0 Å². The summed E-state index contributed by atoms with van der Waals surface area (Å²) in [5, 5.41) is 39.7. The van der Waals surface area contributed by atoms with E-state index in [-0.39, 0.29) is 5.56 Å². The lowest BCUT2D eigenvalue weighted by Crippen LogP contribution is -2.53. The number of benzene rings is 1. The molecule has 0 radical (unpaired) electrons. The van der Waals surface area contributed by atoms with Gasteiger partial charge in [-0.1, -0.05) is 0 Å². The van der Waals surface area contributed by atoms with Crippen LogP contribution < -0.4 is 4.74 Å². The van der Waals surface area contributed by atoms with E-state index in [4.69, 9.17) is 14.2 Å². The van der Waals surface area contributed by atoms with Crippen molar-refractivity contribution in [1.82, 2.24) is 0 Å². The quantitative estimate of drug-likeness (QED) is 0.161. The van der Waals surface area contributed by atoms with Crippen LogP contribution in [0.25, 0.3) is 0 Å². The van der Waals surface area contributed by atoms with Crippen LogP contribution in [0, 0.1) is 27.9 Å². The van der Waals surface area contributed by atoms with Crippen LogP contribution in [0.1, 0.15) is 36.5 Å². The van der Waals surface area contributed by atoms with Crippen LogP contribution in [0.2, 0.25) is 0 Å². The average Bonchev–Trinajstić information content (AvgIpc) is 2.75. The molecule has 14 heteroatoms. The number of nitro benzene ring substituents is 1. The molecule has 1 fully saturated rings. The van der Waals surface area contributed by atoms with Gasteiger partial charge in [0.25, 0.3) is 0 Å². The molecule has 0 aliphatic carbocycles. The molecule has 3 N–H and O–H groups in total. The summed E-state index contributed by atoms with van der Waals surface area (Å²) in [6.07, 6.45) is -4.43. The second-order valence-electron chi connectivity index (χ2n) is 7.85. The number of carbonyl (C=O) groups is 5. The van der Waals surface area contributed by atoms with E-state index in [1.807, 2.05) is 0 Å². The molecule has 35 heavy (non-hydrogen) atoms. The van der Waals surface area contributed by atoms with Gasteiger partial charge in [-0.2, -0.15) is 0 Å². The molecule has 14 nitrogen and oxygen atoms in total. The molecule has 1 heterocycles. The zero-order valence-corrected chi connectivity index (χ0v) is 18.4. The SMILES string of the molecule is CC(=O)OC[C@@H]1O[C@@H](Oc2ccc(C=O)cc2[N+](=O)[O-])[C@H](CC(=O)O)[C@@H](CC(=O)O)[C@H]1CC(=O)O. The highest BCUT2D eigenvalue weighted by molar-refractivity contribution is 5.77. The van der Waals surface area contributed by atoms with Gasteiger partial charge in [0.1, 0.15) is 12.9 Å². The van der Waals surface area contributed by atoms with Gasteiger partial charge in [-0.25, -0.2) is 0 Å². The van der Waals surface area contributed by atoms with E-state index < -0.39 is 96.3 Å². The number of esters is 1. The number of ether oxygens (including phenoxy) is 3. The normalized spacial score (nSPS) is 23.6. The van der Waals surface area contributed by atoms with E-state index in [0.717, 1.165) is 19.1 Å². The Labute approximate surface area is 197 Å². The molecule has 0 saturated carbocycles. The van der Waals surface area contributed by atoms with Crippen molar-refractivity contribution >= 4 is 35.9 Å². The van der Waals surface area contributed by atoms with Crippen molar-refractivity contribution in [1.29, 1.82) is 0 Å². The van der Waals surface area contributed by atoms with Gasteiger partial charge in [0, 0.05) is 36.8 Å². The Bertz CT molecular complexity index is 1010. The van der Waals surface area contributed by atoms with Gasteiger partial charge >= 0.3 is 29.6 Å². The summed E-state index contributed by atoms with van der Waals surface area (Å²) in [6, 6.07) is 3.23. The Balaban J connectivity index is 2.55. The summed E-state index contributed by atoms with van der Waals surface area (Å²) in [7, 11) is 0. The minimum atomic E-state index is -1.58. The molecule has 1 aromatic carbocycles. The maximum absolute atomic E-state index is 11.6. The Morgan fingerprint density at radius 1 is 1.03 bits per heavy atom. The van der Waals surface area contributed by atoms with Gasteiger partial charge < -0.3 is 29.5 Å². The fourth-order valence-corrected chi connectivity index (χ4v) is 4.06. The fraction of sp³-hybridized carbons (Fsp3) is 0.476. The first-order valence-corrected chi connectivity index (χ1v) is 10.3. The lowest BCUT2D eigenvalue weighted by atomic mass is 9.71. The number of hydrogen-bond donors (Lipinski definition) is 3. The van der Waals surface area contributed by atoms with Crippen LogP contribution in [0.4, 0.5) is 5.69 Å². The largest absolute Gasteiger partial charge is 0.481 e. The molecule has 1 aliphatic heterocycles. The monoisotopic (exact) mass is 497 g/mol. The van der Waals surface area contributed by atoms with Crippen molar-refractivity contribution in [2.75, 3.05) is 6.61 Å². The summed E-state index contributed by atoms with van der Waals surface area (Å²) < 4.78 is 16.3. The molecule has 1 saturated heterocycles. The highest BCUT2D eigenvalue weighted by Crippen LogP contribution is 2.43. The van der Waals surface area contributed by atoms with E-state index in [9.17, 15) is 49.4 Å². The van der Waals surface area contributed by atoms with Gasteiger partial charge in [0.2, 0.25) is 6.29 Å². The van der Waals surface area contributed by atoms with E-state index in [0.29, 0.717) is 6.29 Å². The fourth-order valence-electron chi connectivity index (χ4n) is 4.06. The number of carboxylic acid groups (broad SMARTS) is 3. The zero-order valence-electron chi connectivity index (χ0n) is 18.4. The molecule has 1 aliphatic rings. The van der Waals surface area contributed by atoms with E-state index in [2.05, 4.69) is 0 Å². The molecule has 0 spiro atoms. The van der Waals surface area contributed by atoms with Gasteiger partial charge in [-0.05, 0) is 18.1 Å². The van der Waals surface area contributed by atoms with Crippen molar-refractivity contribution in [3.63, 3.8) is 0 Å². The Hall–Kier alpha value is -4.07. The number of aldehydes is 1. The van der Waals surface area contributed by atoms with Crippen molar-refractivity contribution in [2.45, 2.75) is 38.6 Å². The smallest absolute Gasteiger partial charge is 0.311 e. The van der Waals surface area contributed by atoms with Crippen LogP contribution >= 0.6 is 0 Å². The summed E-state index contributed by atoms with van der Waals surface area (Å²) in [6.45, 7) is 0.595. The maximum Gasteiger partial charge on any atom is 0.311 e.